The van der Waals surface area contributed by atoms with Crippen molar-refractivity contribution in [2.45, 2.75) is 0 Å². The number of ether oxygens (including phenoxy) is 1. The van der Waals surface area contributed by atoms with Gasteiger partial charge in [0, 0.05) is 10.0 Å². The Labute approximate surface area is 140 Å². The Morgan fingerprint density at radius 2 is 2.09 bits per heavy atom. The third-order valence-electron chi connectivity index (χ3n) is 3.17. The monoisotopic (exact) mass is 373 g/mol. The molecule has 2 aromatic carbocycles. The molecule has 8 heteroatoms. The van der Waals surface area contributed by atoms with Gasteiger partial charge in [0.2, 0.25) is 5.82 Å². The van der Waals surface area contributed by atoms with Gasteiger partial charge in [-0.1, -0.05) is 28.1 Å². The standard InChI is InChI=1S/C15H12BrN5O2/c1-23-13-5-3-2-4-11(13)15(22)17-12-8-9(16)6-7-10(12)14-18-20-21-19-14/h2-8H,1H3,(H,17,22)(H,18,19,20,21). The van der Waals surface area contributed by atoms with Gasteiger partial charge < -0.3 is 10.1 Å². The summed E-state index contributed by atoms with van der Waals surface area (Å²) in [7, 11) is 1.52. The highest BCUT2D eigenvalue weighted by Gasteiger charge is 2.16. The van der Waals surface area contributed by atoms with Gasteiger partial charge in [-0.2, -0.15) is 5.21 Å². The van der Waals surface area contributed by atoms with Crippen LogP contribution >= 0.6 is 15.9 Å². The minimum absolute atomic E-state index is 0.287. The number of anilines is 1. The summed E-state index contributed by atoms with van der Waals surface area (Å²) in [6.45, 7) is 0. The van der Waals surface area contributed by atoms with Gasteiger partial charge >= 0.3 is 0 Å². The minimum Gasteiger partial charge on any atom is -0.496 e. The lowest BCUT2D eigenvalue weighted by molar-refractivity contribution is 0.102. The Balaban J connectivity index is 1.96. The van der Waals surface area contributed by atoms with E-state index >= 15 is 0 Å². The number of tetrazole rings is 1. The highest BCUT2D eigenvalue weighted by atomic mass is 79.9. The number of rotatable bonds is 4. The lowest BCUT2D eigenvalue weighted by Crippen LogP contribution is -2.14. The number of aromatic nitrogens is 4. The van der Waals surface area contributed by atoms with Crippen molar-refractivity contribution < 1.29 is 9.53 Å². The quantitative estimate of drug-likeness (QED) is 0.733. The van der Waals surface area contributed by atoms with Crippen LogP contribution in [-0.2, 0) is 0 Å². The molecule has 2 N–H and O–H groups in total. The number of halogens is 1. The molecule has 0 unspecified atom stereocenters. The van der Waals surface area contributed by atoms with Crippen molar-refractivity contribution in [1.29, 1.82) is 0 Å². The predicted octanol–water partition coefficient (Wildman–Crippen LogP) is 2.89. The van der Waals surface area contributed by atoms with Crippen LogP contribution in [0.1, 0.15) is 10.4 Å². The predicted molar refractivity (Wildman–Crippen MR) is 88.3 cm³/mol. The first-order valence-electron chi connectivity index (χ1n) is 6.67. The van der Waals surface area contributed by atoms with E-state index in [9.17, 15) is 4.79 Å². The lowest BCUT2D eigenvalue weighted by atomic mass is 10.1. The molecule has 0 atom stereocenters. The smallest absolute Gasteiger partial charge is 0.259 e. The molecular weight excluding hydrogens is 362 g/mol. The number of methoxy groups -OCH3 is 1. The topological polar surface area (TPSA) is 92.8 Å². The van der Waals surface area contributed by atoms with Crippen LogP contribution < -0.4 is 10.1 Å². The highest BCUT2D eigenvalue weighted by molar-refractivity contribution is 9.10. The SMILES string of the molecule is COc1ccccc1C(=O)Nc1cc(Br)ccc1-c1nn[nH]n1. The Morgan fingerprint density at radius 3 is 2.83 bits per heavy atom. The molecule has 0 bridgehead atoms. The summed E-state index contributed by atoms with van der Waals surface area (Å²) in [4.78, 5) is 12.6. The average molecular weight is 374 g/mol. The second kappa shape index (κ2) is 6.57. The van der Waals surface area contributed by atoms with Gasteiger partial charge in [-0.25, -0.2) is 0 Å². The summed E-state index contributed by atoms with van der Waals surface area (Å²) in [5.74, 6) is 0.610. The van der Waals surface area contributed by atoms with Crippen molar-refractivity contribution in [2.75, 3.05) is 12.4 Å². The Bertz CT molecular complexity index is 836. The molecule has 0 radical (unpaired) electrons. The fourth-order valence-corrected chi connectivity index (χ4v) is 2.47. The van der Waals surface area contributed by atoms with E-state index in [-0.39, 0.29) is 5.91 Å². The molecule has 7 nitrogen and oxygen atoms in total. The first kappa shape index (κ1) is 15.2. The largest absolute Gasteiger partial charge is 0.496 e. The van der Waals surface area contributed by atoms with E-state index in [1.165, 1.54) is 7.11 Å². The van der Waals surface area contributed by atoms with Crippen LogP contribution in [-0.4, -0.2) is 33.6 Å². The Morgan fingerprint density at radius 1 is 1.26 bits per heavy atom. The second-order valence-corrected chi connectivity index (χ2v) is 5.50. The van der Waals surface area contributed by atoms with Gasteiger partial charge in [0.1, 0.15) is 5.75 Å². The maximum atomic E-state index is 12.6. The summed E-state index contributed by atoms with van der Waals surface area (Å²) in [6, 6.07) is 12.4. The van der Waals surface area contributed by atoms with Crippen LogP contribution in [0.5, 0.6) is 5.75 Å². The maximum Gasteiger partial charge on any atom is 0.259 e. The zero-order valence-corrected chi connectivity index (χ0v) is 13.7. The van der Waals surface area contributed by atoms with Crippen molar-refractivity contribution in [3.05, 3.63) is 52.5 Å². The number of amides is 1. The molecule has 0 fully saturated rings. The molecule has 0 saturated carbocycles. The summed E-state index contributed by atoms with van der Waals surface area (Å²) in [5, 5.41) is 16.7. The van der Waals surface area contributed by atoms with E-state index in [1.807, 2.05) is 6.07 Å². The van der Waals surface area contributed by atoms with E-state index in [0.29, 0.717) is 28.4 Å². The van der Waals surface area contributed by atoms with Crippen LogP contribution in [0, 0.1) is 0 Å². The number of aromatic amines is 1. The van der Waals surface area contributed by atoms with Crippen molar-refractivity contribution in [3.8, 4) is 17.1 Å². The number of para-hydroxylation sites is 1. The van der Waals surface area contributed by atoms with E-state index < -0.39 is 0 Å². The van der Waals surface area contributed by atoms with Gasteiger partial charge in [-0.3, -0.25) is 4.79 Å². The molecule has 1 aromatic heterocycles. The van der Waals surface area contributed by atoms with Gasteiger partial charge in [0.25, 0.3) is 5.91 Å². The number of hydrogen-bond acceptors (Lipinski definition) is 5. The summed E-state index contributed by atoms with van der Waals surface area (Å²) < 4.78 is 6.04. The molecule has 3 rings (SSSR count). The molecule has 0 aliphatic heterocycles. The van der Waals surface area contributed by atoms with Crippen molar-refractivity contribution in [2.24, 2.45) is 0 Å². The molecule has 3 aromatic rings. The Hall–Kier alpha value is -2.74. The zero-order valence-electron chi connectivity index (χ0n) is 12.1. The average Bonchev–Trinajstić information content (AvgIpc) is 3.09. The fourth-order valence-electron chi connectivity index (χ4n) is 2.11. The molecule has 0 saturated heterocycles. The molecule has 1 amide bonds. The van der Waals surface area contributed by atoms with Crippen LogP contribution in [0.4, 0.5) is 5.69 Å². The van der Waals surface area contributed by atoms with Crippen molar-refractivity contribution >= 4 is 27.5 Å². The van der Waals surface area contributed by atoms with Gasteiger partial charge in [-0.05, 0) is 35.5 Å². The normalized spacial score (nSPS) is 10.3. The number of nitrogens with one attached hydrogen (secondary N) is 2. The fraction of sp³-hybridized carbons (Fsp3) is 0.0667. The third kappa shape index (κ3) is 3.21. The van der Waals surface area contributed by atoms with E-state index in [4.69, 9.17) is 4.74 Å². The first-order chi connectivity index (χ1) is 11.2. The summed E-state index contributed by atoms with van der Waals surface area (Å²) in [6.07, 6.45) is 0. The molecule has 0 spiro atoms. The van der Waals surface area contributed by atoms with Crippen LogP contribution in [0.15, 0.2) is 46.9 Å². The van der Waals surface area contributed by atoms with E-state index in [1.54, 1.807) is 36.4 Å². The van der Waals surface area contributed by atoms with Crippen LogP contribution in [0.2, 0.25) is 0 Å². The number of H-pyrrole nitrogens is 1. The number of carbonyl (C=O) groups excluding carboxylic acids is 1. The Kier molecular flexibility index (Phi) is 4.33. The number of carbonyl (C=O) groups is 1. The molecule has 0 aliphatic carbocycles. The molecule has 1 heterocycles. The van der Waals surface area contributed by atoms with Crippen molar-refractivity contribution in [3.63, 3.8) is 0 Å². The first-order valence-corrected chi connectivity index (χ1v) is 7.46. The second-order valence-electron chi connectivity index (χ2n) is 4.58. The van der Waals surface area contributed by atoms with Gasteiger partial charge in [-0.15, -0.1) is 10.2 Å². The minimum atomic E-state index is -0.287. The summed E-state index contributed by atoms with van der Waals surface area (Å²) >= 11 is 3.39. The molecule has 0 aliphatic rings. The molecule has 116 valence electrons. The number of hydrogen-bond donors (Lipinski definition) is 2. The third-order valence-corrected chi connectivity index (χ3v) is 3.66. The van der Waals surface area contributed by atoms with Gasteiger partial charge in [0.15, 0.2) is 0 Å². The molecular formula is C15H12BrN5O2. The van der Waals surface area contributed by atoms with Crippen LogP contribution in [0.3, 0.4) is 0 Å². The lowest BCUT2D eigenvalue weighted by Gasteiger charge is -2.11. The molecule has 23 heavy (non-hydrogen) atoms. The zero-order chi connectivity index (χ0) is 16.2. The van der Waals surface area contributed by atoms with Crippen LogP contribution in [0.25, 0.3) is 11.4 Å². The summed E-state index contributed by atoms with van der Waals surface area (Å²) in [5.41, 5.74) is 1.66. The van der Waals surface area contributed by atoms with Crippen molar-refractivity contribution in [1.82, 2.24) is 20.6 Å². The number of nitrogens with zero attached hydrogens (tertiary/aromatic N) is 3. The van der Waals surface area contributed by atoms with Gasteiger partial charge in [0.05, 0.1) is 18.4 Å². The van der Waals surface area contributed by atoms with E-state index in [0.717, 1.165) is 4.47 Å². The van der Waals surface area contributed by atoms with E-state index in [2.05, 4.69) is 41.9 Å². The maximum absolute atomic E-state index is 12.6. The highest BCUT2D eigenvalue weighted by Crippen LogP contribution is 2.29. The number of benzene rings is 2.